The standard InChI is InChI=1S/C9H14O2/c1-2-3-5-9(8-10)6-4-7-11-9/h2-3,8H,4-7H2,1H3/b3-2+. The number of aldehydes is 1. The normalized spacial score (nSPS) is 31.4. The van der Waals surface area contributed by atoms with Crippen molar-refractivity contribution in [3.05, 3.63) is 12.2 Å². The van der Waals surface area contributed by atoms with E-state index in [-0.39, 0.29) is 0 Å². The fraction of sp³-hybridized carbons (Fsp3) is 0.667. The van der Waals surface area contributed by atoms with Gasteiger partial charge in [0.25, 0.3) is 0 Å². The summed E-state index contributed by atoms with van der Waals surface area (Å²) in [7, 11) is 0. The molecule has 62 valence electrons. The second-order valence-electron chi connectivity index (χ2n) is 2.91. The molecule has 0 radical (unpaired) electrons. The minimum Gasteiger partial charge on any atom is -0.367 e. The third kappa shape index (κ3) is 1.90. The average Bonchev–Trinajstić information content (AvgIpc) is 2.50. The van der Waals surface area contributed by atoms with Crippen LogP contribution in [-0.2, 0) is 9.53 Å². The maximum absolute atomic E-state index is 10.7. The molecule has 0 N–H and O–H groups in total. The van der Waals surface area contributed by atoms with E-state index in [0.717, 1.165) is 32.2 Å². The molecule has 2 nitrogen and oxygen atoms in total. The number of rotatable bonds is 3. The predicted molar refractivity (Wildman–Crippen MR) is 43.4 cm³/mol. The third-order valence-electron chi connectivity index (χ3n) is 2.05. The van der Waals surface area contributed by atoms with Gasteiger partial charge in [-0.15, -0.1) is 0 Å². The van der Waals surface area contributed by atoms with Crippen LogP contribution in [0, 0.1) is 0 Å². The summed E-state index contributed by atoms with van der Waals surface area (Å²) in [6, 6.07) is 0. The Morgan fingerprint density at radius 3 is 2.91 bits per heavy atom. The van der Waals surface area contributed by atoms with Gasteiger partial charge in [0.15, 0.2) is 6.29 Å². The molecule has 1 saturated heterocycles. The van der Waals surface area contributed by atoms with Gasteiger partial charge in [-0.1, -0.05) is 12.2 Å². The first kappa shape index (κ1) is 8.47. The molecule has 0 saturated carbocycles. The summed E-state index contributed by atoms with van der Waals surface area (Å²) in [4.78, 5) is 10.7. The smallest absolute Gasteiger partial charge is 0.152 e. The van der Waals surface area contributed by atoms with E-state index in [1.54, 1.807) is 0 Å². The number of allylic oxidation sites excluding steroid dienone is 1. The first-order valence-electron chi connectivity index (χ1n) is 4.04. The Morgan fingerprint density at radius 2 is 2.45 bits per heavy atom. The molecule has 1 unspecified atom stereocenters. The molecule has 0 aliphatic carbocycles. The minimum absolute atomic E-state index is 0.480. The van der Waals surface area contributed by atoms with Gasteiger partial charge in [-0.25, -0.2) is 0 Å². The highest BCUT2D eigenvalue weighted by Crippen LogP contribution is 2.27. The molecule has 2 heteroatoms. The van der Waals surface area contributed by atoms with E-state index < -0.39 is 5.60 Å². The highest BCUT2D eigenvalue weighted by molar-refractivity contribution is 5.63. The quantitative estimate of drug-likeness (QED) is 0.457. The summed E-state index contributed by atoms with van der Waals surface area (Å²) in [6.45, 7) is 2.68. The fourth-order valence-corrected chi connectivity index (χ4v) is 1.34. The zero-order valence-electron chi connectivity index (χ0n) is 6.88. The highest BCUT2D eigenvalue weighted by Gasteiger charge is 2.33. The third-order valence-corrected chi connectivity index (χ3v) is 2.05. The van der Waals surface area contributed by atoms with Crippen molar-refractivity contribution in [1.29, 1.82) is 0 Å². The van der Waals surface area contributed by atoms with E-state index in [9.17, 15) is 4.79 Å². The zero-order chi connectivity index (χ0) is 8.16. The van der Waals surface area contributed by atoms with Crippen molar-refractivity contribution in [2.75, 3.05) is 6.61 Å². The molecular formula is C9H14O2. The van der Waals surface area contributed by atoms with E-state index in [0.29, 0.717) is 0 Å². The lowest BCUT2D eigenvalue weighted by molar-refractivity contribution is -0.125. The van der Waals surface area contributed by atoms with Crippen LogP contribution in [0.4, 0.5) is 0 Å². The minimum atomic E-state index is -0.480. The first-order chi connectivity index (χ1) is 5.33. The van der Waals surface area contributed by atoms with Gasteiger partial charge in [0.2, 0.25) is 0 Å². The summed E-state index contributed by atoms with van der Waals surface area (Å²) in [6.07, 6.45) is 7.50. The van der Waals surface area contributed by atoms with Crippen molar-refractivity contribution in [2.24, 2.45) is 0 Å². The molecule has 1 aliphatic rings. The fourth-order valence-electron chi connectivity index (χ4n) is 1.34. The predicted octanol–water partition coefficient (Wildman–Crippen LogP) is 1.70. The average molecular weight is 154 g/mol. The number of hydrogen-bond acceptors (Lipinski definition) is 2. The van der Waals surface area contributed by atoms with Gasteiger partial charge in [-0.2, -0.15) is 0 Å². The molecule has 0 spiro atoms. The lowest BCUT2D eigenvalue weighted by Gasteiger charge is -2.18. The first-order valence-corrected chi connectivity index (χ1v) is 4.04. The summed E-state index contributed by atoms with van der Waals surface area (Å²) in [5, 5.41) is 0. The van der Waals surface area contributed by atoms with Crippen LogP contribution < -0.4 is 0 Å². The van der Waals surface area contributed by atoms with Crippen molar-refractivity contribution >= 4 is 6.29 Å². The van der Waals surface area contributed by atoms with E-state index in [1.165, 1.54) is 0 Å². The van der Waals surface area contributed by atoms with E-state index >= 15 is 0 Å². The molecule has 0 amide bonds. The van der Waals surface area contributed by atoms with Gasteiger partial charge in [-0.3, -0.25) is 0 Å². The Hall–Kier alpha value is -0.630. The van der Waals surface area contributed by atoms with Gasteiger partial charge in [0.1, 0.15) is 5.60 Å². The summed E-state index contributed by atoms with van der Waals surface area (Å²) in [5.74, 6) is 0. The van der Waals surface area contributed by atoms with Crippen molar-refractivity contribution in [3.63, 3.8) is 0 Å². The molecule has 1 rings (SSSR count). The molecule has 1 heterocycles. The monoisotopic (exact) mass is 154 g/mol. The second-order valence-corrected chi connectivity index (χ2v) is 2.91. The van der Waals surface area contributed by atoms with Crippen molar-refractivity contribution in [1.82, 2.24) is 0 Å². The van der Waals surface area contributed by atoms with E-state index in [1.807, 2.05) is 19.1 Å². The summed E-state index contributed by atoms with van der Waals surface area (Å²) in [5.41, 5.74) is -0.480. The molecule has 1 atom stereocenters. The SMILES string of the molecule is C/C=C/CC1(C=O)CCCO1. The van der Waals surface area contributed by atoms with Gasteiger partial charge in [-0.05, 0) is 19.8 Å². The Bertz CT molecular complexity index is 155. The summed E-state index contributed by atoms with van der Waals surface area (Å²) >= 11 is 0. The topological polar surface area (TPSA) is 26.3 Å². The van der Waals surface area contributed by atoms with Crippen LogP contribution in [0.3, 0.4) is 0 Å². The zero-order valence-corrected chi connectivity index (χ0v) is 6.88. The Labute approximate surface area is 67.2 Å². The molecule has 0 aromatic heterocycles. The maximum atomic E-state index is 10.7. The molecule has 0 bridgehead atoms. The number of ether oxygens (including phenoxy) is 1. The van der Waals surface area contributed by atoms with Crippen molar-refractivity contribution in [2.45, 2.75) is 31.8 Å². The Balaban J connectivity index is 2.52. The van der Waals surface area contributed by atoms with Crippen LogP contribution in [-0.4, -0.2) is 18.5 Å². The van der Waals surface area contributed by atoms with Gasteiger partial charge in [0, 0.05) is 13.0 Å². The summed E-state index contributed by atoms with van der Waals surface area (Å²) < 4.78 is 5.37. The second kappa shape index (κ2) is 3.67. The number of carbonyl (C=O) groups excluding carboxylic acids is 1. The largest absolute Gasteiger partial charge is 0.367 e. The Kier molecular flexibility index (Phi) is 2.83. The molecule has 11 heavy (non-hydrogen) atoms. The Morgan fingerprint density at radius 1 is 1.64 bits per heavy atom. The van der Waals surface area contributed by atoms with Crippen LogP contribution in [0.15, 0.2) is 12.2 Å². The van der Waals surface area contributed by atoms with Gasteiger partial charge < -0.3 is 9.53 Å². The number of carbonyl (C=O) groups is 1. The van der Waals surface area contributed by atoms with Gasteiger partial charge >= 0.3 is 0 Å². The van der Waals surface area contributed by atoms with E-state index in [2.05, 4.69) is 0 Å². The van der Waals surface area contributed by atoms with E-state index in [4.69, 9.17) is 4.74 Å². The maximum Gasteiger partial charge on any atom is 0.152 e. The van der Waals surface area contributed by atoms with Crippen LogP contribution in [0.5, 0.6) is 0 Å². The van der Waals surface area contributed by atoms with Crippen molar-refractivity contribution in [3.8, 4) is 0 Å². The molecule has 0 aromatic rings. The van der Waals surface area contributed by atoms with Crippen LogP contribution in [0.25, 0.3) is 0 Å². The molecular weight excluding hydrogens is 140 g/mol. The van der Waals surface area contributed by atoms with Gasteiger partial charge in [0.05, 0.1) is 0 Å². The highest BCUT2D eigenvalue weighted by atomic mass is 16.5. The lowest BCUT2D eigenvalue weighted by atomic mass is 9.98. The lowest BCUT2D eigenvalue weighted by Crippen LogP contribution is -2.28. The van der Waals surface area contributed by atoms with Crippen LogP contribution in [0.2, 0.25) is 0 Å². The number of hydrogen-bond donors (Lipinski definition) is 0. The molecule has 0 aromatic carbocycles. The van der Waals surface area contributed by atoms with Crippen molar-refractivity contribution < 1.29 is 9.53 Å². The van der Waals surface area contributed by atoms with Crippen LogP contribution >= 0.6 is 0 Å². The van der Waals surface area contributed by atoms with Crippen LogP contribution in [0.1, 0.15) is 26.2 Å². The molecule has 1 fully saturated rings. The molecule has 1 aliphatic heterocycles.